The Morgan fingerprint density at radius 3 is 2.31 bits per heavy atom. The van der Waals surface area contributed by atoms with Gasteiger partial charge in [-0.1, -0.05) is 70.7 Å². The minimum absolute atomic E-state index is 0.0812. The monoisotopic (exact) mass is 358 g/mol. The number of aliphatic hydroxyl groups excluding tert-OH is 2. The number of ether oxygens (including phenoxy) is 1. The van der Waals surface area contributed by atoms with E-state index in [1.165, 1.54) is 0 Å². The first-order valence-corrected chi connectivity index (χ1v) is 9.42. The molecule has 3 nitrogen and oxygen atoms in total. The van der Waals surface area contributed by atoms with E-state index in [0.29, 0.717) is 11.7 Å². The summed E-state index contributed by atoms with van der Waals surface area (Å²) in [4.78, 5) is 0. The molecule has 1 aromatic rings. The van der Waals surface area contributed by atoms with Crippen LogP contribution in [0.15, 0.2) is 60.7 Å². The first-order chi connectivity index (χ1) is 12.4. The molecule has 0 aromatic heterocycles. The molecule has 2 N–H and O–H groups in total. The second-order valence-electron chi connectivity index (χ2n) is 7.08. The van der Waals surface area contributed by atoms with Gasteiger partial charge in [0.1, 0.15) is 18.5 Å². The van der Waals surface area contributed by atoms with Crippen LogP contribution in [0.25, 0.3) is 0 Å². The van der Waals surface area contributed by atoms with Gasteiger partial charge in [-0.3, -0.25) is 0 Å². The molecule has 1 unspecified atom stereocenters. The van der Waals surface area contributed by atoms with Gasteiger partial charge >= 0.3 is 0 Å². The minimum atomic E-state index is -0.858. The zero-order valence-electron chi connectivity index (χ0n) is 16.6. The van der Waals surface area contributed by atoms with Crippen LogP contribution in [-0.4, -0.2) is 29.5 Å². The third kappa shape index (κ3) is 6.47. The maximum absolute atomic E-state index is 9.36. The van der Waals surface area contributed by atoms with E-state index in [4.69, 9.17) is 9.84 Å². The molecule has 0 saturated heterocycles. The van der Waals surface area contributed by atoms with Crippen LogP contribution in [0.4, 0.5) is 0 Å². The van der Waals surface area contributed by atoms with Crippen molar-refractivity contribution in [1.29, 1.82) is 0 Å². The summed E-state index contributed by atoms with van der Waals surface area (Å²) < 4.78 is 5.47. The van der Waals surface area contributed by atoms with E-state index in [0.717, 1.165) is 24.0 Å². The predicted octanol–water partition coefficient (Wildman–Crippen LogP) is 4.80. The summed E-state index contributed by atoms with van der Waals surface area (Å²) in [6.07, 6.45) is 9.92. The lowest BCUT2D eigenvalue weighted by atomic mass is 9.77. The Morgan fingerprint density at radius 1 is 1.19 bits per heavy atom. The first-order valence-electron chi connectivity index (χ1n) is 9.42. The highest BCUT2D eigenvalue weighted by molar-refractivity contribution is 5.43. The number of rotatable bonds is 11. The lowest BCUT2D eigenvalue weighted by molar-refractivity contribution is 0.0536. The molecule has 144 valence electrons. The number of aliphatic hydroxyl groups is 2. The van der Waals surface area contributed by atoms with Crippen molar-refractivity contribution in [2.24, 2.45) is 5.92 Å². The van der Waals surface area contributed by atoms with Crippen LogP contribution in [-0.2, 0) is 5.41 Å². The lowest BCUT2D eigenvalue weighted by Crippen LogP contribution is -2.21. The fourth-order valence-corrected chi connectivity index (χ4v) is 2.79. The average Bonchev–Trinajstić information content (AvgIpc) is 2.66. The molecule has 1 atom stereocenters. The van der Waals surface area contributed by atoms with Crippen molar-refractivity contribution < 1.29 is 14.9 Å². The van der Waals surface area contributed by atoms with Crippen LogP contribution in [0.3, 0.4) is 0 Å². The second kappa shape index (κ2) is 11.0. The van der Waals surface area contributed by atoms with Gasteiger partial charge in [0.25, 0.3) is 0 Å². The Hall–Kier alpha value is -1.84. The molecule has 0 spiro atoms. The van der Waals surface area contributed by atoms with E-state index in [2.05, 4.69) is 52.5 Å². The van der Waals surface area contributed by atoms with E-state index in [-0.39, 0.29) is 18.6 Å². The molecule has 0 heterocycles. The molecule has 0 aliphatic heterocycles. The molecule has 0 saturated carbocycles. The Labute approximate surface area is 158 Å². The van der Waals surface area contributed by atoms with Crippen molar-refractivity contribution in [3.8, 4) is 5.75 Å². The second-order valence-corrected chi connectivity index (χ2v) is 7.08. The van der Waals surface area contributed by atoms with Crippen LogP contribution in [0.1, 0.15) is 46.1 Å². The summed E-state index contributed by atoms with van der Waals surface area (Å²) in [5, 5.41) is 18.2. The van der Waals surface area contributed by atoms with E-state index >= 15 is 0 Å². The molecule has 3 heteroatoms. The van der Waals surface area contributed by atoms with Crippen molar-refractivity contribution in [3.05, 3.63) is 66.3 Å². The summed E-state index contributed by atoms with van der Waals surface area (Å²) in [6.45, 7) is 12.5. The first kappa shape index (κ1) is 22.2. The van der Waals surface area contributed by atoms with Crippen LogP contribution in [0.2, 0.25) is 0 Å². The van der Waals surface area contributed by atoms with Gasteiger partial charge in [0, 0.05) is 5.41 Å². The minimum Gasteiger partial charge on any atom is -0.491 e. The SMILES string of the molecule is C=CC(=CC=CC(CC)CC)C(C)(C)c1ccc(OCC(O)CO)cc1. The summed E-state index contributed by atoms with van der Waals surface area (Å²) in [6, 6.07) is 7.84. The number of benzene rings is 1. The molecular weight excluding hydrogens is 324 g/mol. The Bertz CT molecular complexity index is 592. The molecule has 0 amide bonds. The van der Waals surface area contributed by atoms with Crippen molar-refractivity contribution >= 4 is 0 Å². The maximum atomic E-state index is 9.36. The average molecular weight is 359 g/mol. The van der Waals surface area contributed by atoms with Gasteiger partial charge in [-0.2, -0.15) is 0 Å². The molecule has 26 heavy (non-hydrogen) atoms. The Balaban J connectivity index is 2.90. The number of hydrogen-bond acceptors (Lipinski definition) is 3. The molecule has 1 aromatic carbocycles. The maximum Gasteiger partial charge on any atom is 0.119 e. The third-order valence-corrected chi connectivity index (χ3v) is 4.88. The summed E-state index contributed by atoms with van der Waals surface area (Å²) in [5.41, 5.74) is 2.14. The van der Waals surface area contributed by atoms with Gasteiger partial charge in [0.15, 0.2) is 0 Å². The van der Waals surface area contributed by atoms with E-state index < -0.39 is 6.10 Å². The Kier molecular flexibility index (Phi) is 9.39. The third-order valence-electron chi connectivity index (χ3n) is 4.88. The van der Waals surface area contributed by atoms with Crippen molar-refractivity contribution in [2.75, 3.05) is 13.2 Å². The molecule has 0 fully saturated rings. The van der Waals surface area contributed by atoms with Crippen LogP contribution in [0, 0.1) is 5.92 Å². The van der Waals surface area contributed by atoms with E-state index in [9.17, 15) is 5.11 Å². The summed E-state index contributed by atoms with van der Waals surface area (Å²) in [7, 11) is 0. The molecule has 0 radical (unpaired) electrons. The fraction of sp³-hybridized carbons (Fsp3) is 0.478. The highest BCUT2D eigenvalue weighted by Gasteiger charge is 2.23. The molecular formula is C23H34O3. The zero-order valence-corrected chi connectivity index (χ0v) is 16.6. The van der Waals surface area contributed by atoms with Crippen molar-refractivity contribution in [1.82, 2.24) is 0 Å². The molecule has 0 aliphatic rings. The molecule has 0 aliphatic carbocycles. The topological polar surface area (TPSA) is 49.7 Å². The van der Waals surface area contributed by atoms with Crippen LogP contribution < -0.4 is 4.74 Å². The molecule has 0 bridgehead atoms. The van der Waals surface area contributed by atoms with Gasteiger partial charge in [0.2, 0.25) is 0 Å². The normalized spacial score (nSPS) is 14.0. The fourth-order valence-electron chi connectivity index (χ4n) is 2.79. The zero-order chi connectivity index (χ0) is 19.6. The summed E-state index contributed by atoms with van der Waals surface area (Å²) in [5.74, 6) is 1.29. The number of hydrogen-bond donors (Lipinski definition) is 2. The number of allylic oxidation sites excluding steroid dienone is 5. The van der Waals surface area contributed by atoms with Gasteiger partial charge in [-0.25, -0.2) is 0 Å². The largest absolute Gasteiger partial charge is 0.491 e. The lowest BCUT2D eigenvalue weighted by Gasteiger charge is -2.27. The van der Waals surface area contributed by atoms with Crippen molar-refractivity contribution in [2.45, 2.75) is 52.1 Å². The van der Waals surface area contributed by atoms with E-state index in [1.54, 1.807) is 0 Å². The van der Waals surface area contributed by atoms with Gasteiger partial charge in [-0.15, -0.1) is 0 Å². The summed E-state index contributed by atoms with van der Waals surface area (Å²) >= 11 is 0. The van der Waals surface area contributed by atoms with Gasteiger partial charge in [-0.05, 0) is 42.0 Å². The smallest absolute Gasteiger partial charge is 0.119 e. The predicted molar refractivity (Wildman–Crippen MR) is 110 cm³/mol. The Morgan fingerprint density at radius 2 is 1.81 bits per heavy atom. The highest BCUT2D eigenvalue weighted by Crippen LogP contribution is 2.33. The van der Waals surface area contributed by atoms with Gasteiger partial charge < -0.3 is 14.9 Å². The quantitative estimate of drug-likeness (QED) is 0.559. The van der Waals surface area contributed by atoms with Gasteiger partial charge in [0.05, 0.1) is 6.61 Å². The highest BCUT2D eigenvalue weighted by atomic mass is 16.5. The van der Waals surface area contributed by atoms with Crippen LogP contribution in [0.5, 0.6) is 5.75 Å². The standard InChI is InChI=1S/C23H34O3/c1-6-18(7-2)10-9-11-19(8-3)23(4,5)20-12-14-22(15-13-20)26-17-21(25)16-24/h8-15,18,21,24-25H,3,6-7,16-17H2,1-2,4-5H3. The van der Waals surface area contributed by atoms with E-state index in [1.807, 2.05) is 30.3 Å². The molecule has 1 rings (SSSR count). The van der Waals surface area contributed by atoms with Crippen LogP contribution >= 0.6 is 0 Å². The van der Waals surface area contributed by atoms with Crippen molar-refractivity contribution in [3.63, 3.8) is 0 Å².